The van der Waals surface area contributed by atoms with Gasteiger partial charge in [0.15, 0.2) is 0 Å². The highest BCUT2D eigenvalue weighted by molar-refractivity contribution is 7.50. The van der Waals surface area contributed by atoms with Gasteiger partial charge in [-0.3, -0.25) is 14.0 Å². The minimum absolute atomic E-state index is 0.446. The first-order chi connectivity index (χ1) is 12.8. The first kappa shape index (κ1) is 28.3. The Morgan fingerprint density at radius 3 is 0.607 bits per heavy atom. The van der Waals surface area contributed by atoms with Crippen molar-refractivity contribution in [2.75, 3.05) is 39.3 Å². The molecule has 3 nitrogen and oxygen atoms in total. The molecular formula is C24H54N3P. The molecule has 170 valence electrons. The van der Waals surface area contributed by atoms with Crippen LogP contribution in [0.25, 0.3) is 0 Å². The lowest BCUT2D eigenvalue weighted by molar-refractivity contribution is 0.244. The zero-order valence-electron chi connectivity index (χ0n) is 21.5. The second kappa shape index (κ2) is 14.3. The topological polar surface area (TPSA) is 9.72 Å². The summed E-state index contributed by atoms with van der Waals surface area (Å²) in [5.41, 5.74) is 0. The van der Waals surface area contributed by atoms with Crippen molar-refractivity contribution in [2.45, 2.75) is 83.1 Å². The predicted octanol–water partition coefficient (Wildman–Crippen LogP) is 7.06. The van der Waals surface area contributed by atoms with Gasteiger partial charge in [-0.15, -0.1) is 0 Å². The number of hydrogen-bond donors (Lipinski definition) is 0. The molecule has 0 amide bonds. The fourth-order valence-corrected chi connectivity index (χ4v) is 7.64. The molecule has 0 aromatic heterocycles. The second-order valence-electron chi connectivity index (χ2n) is 11.2. The summed E-state index contributed by atoms with van der Waals surface area (Å²) in [5, 5.41) is 0. The van der Waals surface area contributed by atoms with Crippen LogP contribution in [0.15, 0.2) is 0 Å². The maximum atomic E-state index is 2.86. The summed E-state index contributed by atoms with van der Waals surface area (Å²) in [7, 11) is -0.446. The maximum absolute atomic E-state index is 2.86. The molecule has 0 rings (SSSR count). The van der Waals surface area contributed by atoms with E-state index in [1.807, 2.05) is 0 Å². The highest BCUT2D eigenvalue weighted by Crippen LogP contribution is 2.50. The SMILES string of the molecule is CC(C)CN(CC(C)C)P(N(CC(C)C)CC(C)C)N(CC(C)C)CC(C)C. The van der Waals surface area contributed by atoms with Gasteiger partial charge in [0.1, 0.15) is 8.37 Å². The van der Waals surface area contributed by atoms with E-state index in [-0.39, 0.29) is 0 Å². The first-order valence-corrected chi connectivity index (χ1v) is 13.1. The molecule has 0 aliphatic heterocycles. The molecule has 0 unspecified atom stereocenters. The molecular weight excluding hydrogens is 361 g/mol. The van der Waals surface area contributed by atoms with Crippen LogP contribution in [0.3, 0.4) is 0 Å². The average molecular weight is 416 g/mol. The van der Waals surface area contributed by atoms with Gasteiger partial charge in [-0.05, 0) is 35.5 Å². The van der Waals surface area contributed by atoms with Gasteiger partial charge in [0.05, 0.1) is 0 Å². The van der Waals surface area contributed by atoms with Crippen LogP contribution in [0.5, 0.6) is 0 Å². The van der Waals surface area contributed by atoms with E-state index in [0.29, 0.717) is 35.5 Å². The molecule has 0 N–H and O–H groups in total. The maximum Gasteiger partial charge on any atom is 0.120 e. The molecule has 0 bridgehead atoms. The minimum Gasteiger partial charge on any atom is -0.257 e. The van der Waals surface area contributed by atoms with Crippen molar-refractivity contribution in [2.24, 2.45) is 35.5 Å². The molecule has 0 aromatic carbocycles. The minimum atomic E-state index is -0.446. The summed E-state index contributed by atoms with van der Waals surface area (Å²) >= 11 is 0. The van der Waals surface area contributed by atoms with Crippen molar-refractivity contribution < 1.29 is 0 Å². The van der Waals surface area contributed by atoms with Crippen LogP contribution in [0.1, 0.15) is 83.1 Å². The third kappa shape index (κ3) is 12.8. The Bertz CT molecular complexity index is 293. The van der Waals surface area contributed by atoms with Crippen LogP contribution < -0.4 is 0 Å². The van der Waals surface area contributed by atoms with Crippen LogP contribution in [0.4, 0.5) is 0 Å². The van der Waals surface area contributed by atoms with Gasteiger partial charge in [0, 0.05) is 39.3 Å². The Morgan fingerprint density at radius 1 is 0.357 bits per heavy atom. The summed E-state index contributed by atoms with van der Waals surface area (Å²) < 4.78 is 8.58. The van der Waals surface area contributed by atoms with Gasteiger partial charge in [0.25, 0.3) is 0 Å². The van der Waals surface area contributed by atoms with Crippen molar-refractivity contribution in [1.82, 2.24) is 14.0 Å². The predicted molar refractivity (Wildman–Crippen MR) is 131 cm³/mol. The van der Waals surface area contributed by atoms with Crippen molar-refractivity contribution >= 4 is 8.37 Å². The molecule has 0 aromatic rings. The van der Waals surface area contributed by atoms with E-state index in [2.05, 4.69) is 97.1 Å². The highest BCUT2D eigenvalue weighted by atomic mass is 31.2. The van der Waals surface area contributed by atoms with Gasteiger partial charge in [-0.2, -0.15) is 0 Å². The highest BCUT2D eigenvalue weighted by Gasteiger charge is 2.33. The molecule has 0 aliphatic carbocycles. The molecule has 0 heterocycles. The second-order valence-corrected chi connectivity index (χ2v) is 13.5. The van der Waals surface area contributed by atoms with E-state index in [1.54, 1.807) is 0 Å². The van der Waals surface area contributed by atoms with Gasteiger partial charge in [0.2, 0.25) is 0 Å². The standard InChI is InChI=1S/C24H54N3P/c1-19(2)13-25(14-20(3)4)28(26(15-21(5)6)16-22(7)8)27(17-23(9)10)18-24(11)12/h19-24H,13-18H2,1-12H3. The Morgan fingerprint density at radius 2 is 0.500 bits per heavy atom. The lowest BCUT2D eigenvalue weighted by Crippen LogP contribution is -2.44. The Hall–Kier alpha value is 0.310. The molecule has 0 aliphatic rings. The normalized spacial score (nSPS) is 13.5. The van der Waals surface area contributed by atoms with Gasteiger partial charge < -0.3 is 0 Å². The Labute approximate surface area is 180 Å². The summed E-state index contributed by atoms with van der Waals surface area (Å²) in [6.45, 7) is 35.7. The van der Waals surface area contributed by atoms with E-state index in [0.717, 1.165) is 0 Å². The van der Waals surface area contributed by atoms with E-state index in [1.165, 1.54) is 39.3 Å². The van der Waals surface area contributed by atoms with E-state index >= 15 is 0 Å². The quantitative estimate of drug-likeness (QED) is 0.265. The fraction of sp³-hybridized carbons (Fsp3) is 1.00. The Kier molecular flexibility index (Phi) is 14.5. The summed E-state index contributed by atoms with van der Waals surface area (Å²) in [5.74, 6) is 4.19. The largest absolute Gasteiger partial charge is 0.257 e. The van der Waals surface area contributed by atoms with Crippen molar-refractivity contribution in [3.05, 3.63) is 0 Å². The molecule has 0 saturated carbocycles. The van der Waals surface area contributed by atoms with Crippen LogP contribution in [-0.4, -0.2) is 53.3 Å². The van der Waals surface area contributed by atoms with Gasteiger partial charge >= 0.3 is 0 Å². The smallest absolute Gasteiger partial charge is 0.120 e. The number of rotatable bonds is 15. The van der Waals surface area contributed by atoms with E-state index < -0.39 is 8.37 Å². The lowest BCUT2D eigenvalue weighted by atomic mass is 10.2. The Balaban J connectivity index is 6.12. The third-order valence-electron chi connectivity index (χ3n) is 4.21. The van der Waals surface area contributed by atoms with Crippen LogP contribution >= 0.6 is 8.37 Å². The van der Waals surface area contributed by atoms with Crippen LogP contribution in [0.2, 0.25) is 0 Å². The average Bonchev–Trinajstić information content (AvgIpc) is 2.42. The van der Waals surface area contributed by atoms with Gasteiger partial charge in [-0.1, -0.05) is 83.1 Å². The molecule has 0 saturated heterocycles. The monoisotopic (exact) mass is 415 g/mol. The molecule has 0 fully saturated rings. The summed E-state index contributed by atoms with van der Waals surface area (Å²) in [4.78, 5) is 0. The van der Waals surface area contributed by atoms with Crippen LogP contribution in [-0.2, 0) is 0 Å². The summed E-state index contributed by atoms with van der Waals surface area (Å²) in [6.07, 6.45) is 0. The molecule has 0 atom stereocenters. The zero-order valence-corrected chi connectivity index (χ0v) is 22.4. The molecule has 0 radical (unpaired) electrons. The molecule has 4 heteroatoms. The van der Waals surface area contributed by atoms with Crippen LogP contribution in [0, 0.1) is 35.5 Å². The number of hydrogen-bond acceptors (Lipinski definition) is 3. The van der Waals surface area contributed by atoms with E-state index in [4.69, 9.17) is 0 Å². The van der Waals surface area contributed by atoms with Crippen molar-refractivity contribution in [3.63, 3.8) is 0 Å². The summed E-state index contributed by atoms with van der Waals surface area (Å²) in [6, 6.07) is 0. The first-order valence-electron chi connectivity index (χ1n) is 11.9. The number of nitrogens with zero attached hydrogens (tertiary/aromatic N) is 3. The van der Waals surface area contributed by atoms with Crippen molar-refractivity contribution in [3.8, 4) is 0 Å². The van der Waals surface area contributed by atoms with Gasteiger partial charge in [-0.25, -0.2) is 0 Å². The lowest BCUT2D eigenvalue weighted by Gasteiger charge is -2.48. The molecule has 28 heavy (non-hydrogen) atoms. The fourth-order valence-electron chi connectivity index (χ4n) is 3.73. The third-order valence-corrected chi connectivity index (χ3v) is 6.71. The zero-order chi connectivity index (χ0) is 22.0. The van der Waals surface area contributed by atoms with E-state index in [9.17, 15) is 0 Å². The van der Waals surface area contributed by atoms with Crippen molar-refractivity contribution in [1.29, 1.82) is 0 Å². The molecule has 0 spiro atoms.